The van der Waals surface area contributed by atoms with Gasteiger partial charge in [-0.3, -0.25) is 0 Å². The highest BCUT2D eigenvalue weighted by molar-refractivity contribution is 6.02. The third kappa shape index (κ3) is 2.81. The number of hydrogen-bond donors (Lipinski definition) is 2. The Hall–Kier alpha value is -1.91. The van der Waals surface area contributed by atoms with Crippen molar-refractivity contribution in [3.8, 4) is 5.75 Å². The number of nitrogens with zero attached hydrogens (tertiary/aromatic N) is 2. The van der Waals surface area contributed by atoms with E-state index in [-0.39, 0.29) is 5.84 Å². The molecule has 110 valence electrons. The molecule has 0 aliphatic carbocycles. The number of amidine groups is 1. The van der Waals surface area contributed by atoms with Crippen molar-refractivity contribution in [1.29, 1.82) is 0 Å². The maximum Gasteiger partial charge on any atom is 0.172 e. The molecule has 0 bridgehead atoms. The van der Waals surface area contributed by atoms with Crippen molar-refractivity contribution >= 4 is 11.5 Å². The van der Waals surface area contributed by atoms with Crippen molar-refractivity contribution in [2.75, 3.05) is 18.6 Å². The molecule has 1 aliphatic rings. The predicted octanol–water partition coefficient (Wildman–Crippen LogP) is 2.41. The average molecular weight is 277 g/mol. The maximum atomic E-state index is 8.96. The van der Waals surface area contributed by atoms with Crippen LogP contribution in [-0.4, -0.2) is 30.7 Å². The minimum atomic E-state index is 0.133. The fraction of sp³-hybridized carbons (Fsp3) is 0.533. The van der Waals surface area contributed by atoms with Crippen LogP contribution in [0, 0.1) is 5.92 Å². The van der Waals surface area contributed by atoms with Crippen molar-refractivity contribution in [3.63, 3.8) is 0 Å². The Morgan fingerprint density at radius 2 is 2.20 bits per heavy atom. The van der Waals surface area contributed by atoms with E-state index in [1.165, 1.54) is 0 Å². The Morgan fingerprint density at radius 1 is 1.45 bits per heavy atom. The first-order valence-corrected chi connectivity index (χ1v) is 6.99. The Kier molecular flexibility index (Phi) is 4.37. The molecule has 1 saturated heterocycles. The van der Waals surface area contributed by atoms with Crippen molar-refractivity contribution in [1.82, 2.24) is 0 Å². The van der Waals surface area contributed by atoms with Gasteiger partial charge in [-0.25, -0.2) is 0 Å². The van der Waals surface area contributed by atoms with E-state index in [0.29, 0.717) is 6.04 Å². The van der Waals surface area contributed by atoms with Crippen LogP contribution in [0.15, 0.2) is 23.4 Å². The number of piperidine rings is 1. The molecule has 1 aromatic rings. The molecule has 5 nitrogen and oxygen atoms in total. The van der Waals surface area contributed by atoms with Gasteiger partial charge in [0.15, 0.2) is 5.84 Å². The van der Waals surface area contributed by atoms with E-state index in [1.54, 1.807) is 7.11 Å². The first-order valence-electron chi connectivity index (χ1n) is 6.99. The molecule has 0 amide bonds. The number of methoxy groups -OCH3 is 1. The second-order valence-electron chi connectivity index (χ2n) is 5.54. The van der Waals surface area contributed by atoms with Crippen LogP contribution < -0.4 is 15.4 Å². The molecule has 1 aromatic carbocycles. The molecule has 20 heavy (non-hydrogen) atoms. The van der Waals surface area contributed by atoms with Crippen LogP contribution in [0.3, 0.4) is 0 Å². The van der Waals surface area contributed by atoms with Crippen molar-refractivity contribution in [2.24, 2.45) is 16.8 Å². The standard InChI is InChI=1S/C15H23N3O2/c1-10-6-7-18(11(2)8-10)14-9-12(20-3)4-5-13(14)15(16)17-19/h4-5,9-11,19H,6-8H2,1-3H3,(H2,16,17). The Morgan fingerprint density at radius 3 is 2.80 bits per heavy atom. The largest absolute Gasteiger partial charge is 0.497 e. The molecule has 0 aromatic heterocycles. The minimum Gasteiger partial charge on any atom is -0.497 e. The number of rotatable bonds is 3. The summed E-state index contributed by atoms with van der Waals surface area (Å²) in [6.45, 7) is 5.47. The minimum absolute atomic E-state index is 0.133. The van der Waals surface area contributed by atoms with Crippen LogP contribution in [0.2, 0.25) is 0 Å². The molecule has 1 heterocycles. The van der Waals surface area contributed by atoms with E-state index in [1.807, 2.05) is 18.2 Å². The molecule has 2 rings (SSSR count). The Bertz CT molecular complexity index is 502. The third-order valence-corrected chi connectivity index (χ3v) is 4.04. The zero-order valence-corrected chi connectivity index (χ0v) is 12.3. The first kappa shape index (κ1) is 14.5. The van der Waals surface area contributed by atoms with Gasteiger partial charge >= 0.3 is 0 Å². The van der Waals surface area contributed by atoms with Gasteiger partial charge in [-0.1, -0.05) is 12.1 Å². The number of benzene rings is 1. The first-order chi connectivity index (χ1) is 9.56. The SMILES string of the molecule is COc1ccc(/C(N)=N/O)c(N2CCC(C)CC2C)c1. The molecule has 0 spiro atoms. The van der Waals surface area contributed by atoms with Gasteiger partial charge in [0.2, 0.25) is 0 Å². The summed E-state index contributed by atoms with van der Waals surface area (Å²) < 4.78 is 5.30. The molecule has 0 radical (unpaired) electrons. The summed E-state index contributed by atoms with van der Waals surface area (Å²) in [5, 5.41) is 12.1. The van der Waals surface area contributed by atoms with Gasteiger partial charge in [0.05, 0.1) is 12.8 Å². The summed E-state index contributed by atoms with van der Waals surface area (Å²) in [6, 6.07) is 6.05. The van der Waals surface area contributed by atoms with Gasteiger partial charge in [-0.2, -0.15) is 0 Å². The smallest absolute Gasteiger partial charge is 0.172 e. The van der Waals surface area contributed by atoms with Gasteiger partial charge in [0.1, 0.15) is 5.75 Å². The predicted molar refractivity (Wildman–Crippen MR) is 80.7 cm³/mol. The van der Waals surface area contributed by atoms with E-state index >= 15 is 0 Å². The van der Waals surface area contributed by atoms with Gasteiger partial charge in [0.25, 0.3) is 0 Å². The van der Waals surface area contributed by atoms with Gasteiger partial charge in [-0.15, -0.1) is 0 Å². The summed E-state index contributed by atoms with van der Waals surface area (Å²) in [4.78, 5) is 2.32. The Labute approximate surface area is 120 Å². The van der Waals surface area contributed by atoms with Crippen molar-refractivity contribution in [2.45, 2.75) is 32.7 Å². The number of hydrogen-bond acceptors (Lipinski definition) is 4. The van der Waals surface area contributed by atoms with Gasteiger partial charge < -0.3 is 20.6 Å². The summed E-state index contributed by atoms with van der Waals surface area (Å²) in [7, 11) is 1.64. The highest BCUT2D eigenvalue weighted by Crippen LogP contribution is 2.32. The van der Waals surface area contributed by atoms with E-state index in [9.17, 15) is 0 Å². The topological polar surface area (TPSA) is 71.1 Å². The lowest BCUT2D eigenvalue weighted by Crippen LogP contribution is -2.41. The monoisotopic (exact) mass is 277 g/mol. The fourth-order valence-corrected chi connectivity index (χ4v) is 2.91. The van der Waals surface area contributed by atoms with Crippen molar-refractivity contribution in [3.05, 3.63) is 23.8 Å². The summed E-state index contributed by atoms with van der Waals surface area (Å²) in [6.07, 6.45) is 2.30. The molecule has 0 saturated carbocycles. The molecule has 3 N–H and O–H groups in total. The average Bonchev–Trinajstić information content (AvgIpc) is 2.46. The molecule has 5 heteroatoms. The number of ether oxygens (including phenoxy) is 1. The zero-order valence-electron chi connectivity index (χ0n) is 12.3. The highest BCUT2D eigenvalue weighted by atomic mass is 16.5. The molecule has 2 atom stereocenters. The van der Waals surface area contributed by atoms with Crippen LogP contribution in [-0.2, 0) is 0 Å². The third-order valence-electron chi connectivity index (χ3n) is 4.04. The normalized spacial score (nSPS) is 23.8. The number of nitrogens with two attached hydrogens (primary N) is 1. The number of anilines is 1. The lowest BCUT2D eigenvalue weighted by Gasteiger charge is -2.39. The molecule has 1 fully saturated rings. The molecule has 1 aliphatic heterocycles. The van der Waals surface area contributed by atoms with Gasteiger partial charge in [-0.05, 0) is 37.8 Å². The lowest BCUT2D eigenvalue weighted by atomic mass is 9.92. The molecular weight excluding hydrogens is 254 g/mol. The van der Waals surface area contributed by atoms with Crippen LogP contribution in [0.1, 0.15) is 32.3 Å². The summed E-state index contributed by atoms with van der Waals surface area (Å²) in [5.74, 6) is 1.65. The molecular formula is C15H23N3O2. The Balaban J connectivity index is 2.42. The second kappa shape index (κ2) is 6.03. The molecule has 2 unspecified atom stereocenters. The van der Waals surface area contributed by atoms with Gasteiger partial charge in [0, 0.05) is 24.2 Å². The quantitative estimate of drug-likeness (QED) is 0.385. The van der Waals surface area contributed by atoms with Crippen molar-refractivity contribution < 1.29 is 9.94 Å². The summed E-state index contributed by atoms with van der Waals surface area (Å²) in [5.41, 5.74) is 7.51. The number of oxime groups is 1. The van der Waals surface area contributed by atoms with Crippen LogP contribution in [0.5, 0.6) is 5.75 Å². The maximum absolute atomic E-state index is 8.96. The highest BCUT2D eigenvalue weighted by Gasteiger charge is 2.25. The lowest BCUT2D eigenvalue weighted by molar-refractivity contribution is 0.318. The van der Waals surface area contributed by atoms with E-state index in [2.05, 4.69) is 23.9 Å². The summed E-state index contributed by atoms with van der Waals surface area (Å²) >= 11 is 0. The van der Waals surface area contributed by atoms with Crippen LogP contribution in [0.25, 0.3) is 0 Å². The van der Waals surface area contributed by atoms with E-state index in [0.717, 1.165) is 42.3 Å². The van der Waals surface area contributed by atoms with Crippen LogP contribution in [0.4, 0.5) is 5.69 Å². The zero-order chi connectivity index (χ0) is 14.7. The van der Waals surface area contributed by atoms with E-state index in [4.69, 9.17) is 15.7 Å². The van der Waals surface area contributed by atoms with E-state index < -0.39 is 0 Å². The second-order valence-corrected chi connectivity index (χ2v) is 5.54. The van der Waals surface area contributed by atoms with Crippen LogP contribution >= 0.6 is 0 Å². The fourth-order valence-electron chi connectivity index (χ4n) is 2.91.